The minimum atomic E-state index is 0.351. The van der Waals surface area contributed by atoms with E-state index in [0.717, 1.165) is 19.6 Å². The average molecular weight is 170 g/mol. The summed E-state index contributed by atoms with van der Waals surface area (Å²) in [6.07, 6.45) is 1.18. The summed E-state index contributed by atoms with van der Waals surface area (Å²) in [6.45, 7) is 3.00. The topological polar surface area (TPSA) is 32.3 Å². The van der Waals surface area contributed by atoms with Crippen molar-refractivity contribution in [1.29, 1.82) is 0 Å². The molecule has 0 bridgehead atoms. The van der Waals surface area contributed by atoms with Crippen LogP contribution in [0.25, 0.3) is 0 Å². The highest BCUT2D eigenvalue weighted by Gasteiger charge is 2.22. The van der Waals surface area contributed by atoms with Crippen LogP contribution in [0.5, 0.6) is 0 Å². The van der Waals surface area contributed by atoms with Gasteiger partial charge in [0.25, 0.3) is 0 Å². The molecule has 0 spiro atoms. The van der Waals surface area contributed by atoms with Crippen LogP contribution in [0.2, 0.25) is 0 Å². The van der Waals surface area contributed by atoms with E-state index in [-0.39, 0.29) is 0 Å². The molecule has 1 aliphatic heterocycles. The van der Waals surface area contributed by atoms with Gasteiger partial charge in [-0.1, -0.05) is 0 Å². The molecule has 0 saturated carbocycles. The molecule has 11 heavy (non-hydrogen) atoms. The van der Waals surface area contributed by atoms with Crippen molar-refractivity contribution in [3.8, 4) is 0 Å². The van der Waals surface area contributed by atoms with Crippen LogP contribution in [0.15, 0.2) is 0 Å². The van der Waals surface area contributed by atoms with E-state index in [2.05, 4.69) is 5.32 Å². The van der Waals surface area contributed by atoms with Gasteiger partial charge in [-0.25, -0.2) is 0 Å². The number of nitrogens with zero attached hydrogens (tertiary/aromatic N) is 1. The monoisotopic (exact) mass is 170 g/mol. The van der Waals surface area contributed by atoms with Gasteiger partial charge in [-0.2, -0.15) is 0 Å². The second-order valence-corrected chi connectivity index (χ2v) is 4.03. The standard InChI is InChI=1S/C7H13N2O.Al.2H/c1-8-4-7-2-3-9(5-7)6-10;;;/h7-8H,2-5H2,1H3;;;. The third kappa shape index (κ3) is 2.48. The van der Waals surface area contributed by atoms with E-state index in [1.807, 2.05) is 11.9 Å². The summed E-state index contributed by atoms with van der Waals surface area (Å²) < 4.78 is 0.351. The number of carbonyl (C=O) groups is 1. The molecule has 0 aromatic rings. The zero-order chi connectivity index (χ0) is 8.27. The van der Waals surface area contributed by atoms with Crippen molar-refractivity contribution < 1.29 is 4.79 Å². The van der Waals surface area contributed by atoms with Gasteiger partial charge in [-0.05, 0) is 25.9 Å². The lowest BCUT2D eigenvalue weighted by Gasteiger charge is -2.14. The lowest BCUT2D eigenvalue weighted by Crippen LogP contribution is -2.29. The van der Waals surface area contributed by atoms with Gasteiger partial charge in [0.05, 0.1) is 0 Å². The largest absolute Gasteiger partial charge is 0.359 e. The molecule has 1 amide bonds. The molecule has 0 aromatic carbocycles. The molecule has 1 unspecified atom stereocenters. The number of likely N-dealkylation sites (tertiary alicyclic amines) is 1. The van der Waals surface area contributed by atoms with Gasteiger partial charge in [0, 0.05) is 13.1 Å². The zero-order valence-electron chi connectivity index (χ0n) is 7.26. The third-order valence-electron chi connectivity index (χ3n) is 2.22. The van der Waals surface area contributed by atoms with Crippen LogP contribution in [0.1, 0.15) is 6.42 Å². The number of hydrogen-bond acceptors (Lipinski definition) is 2. The fourth-order valence-corrected chi connectivity index (χ4v) is 1.98. The molecule has 1 N–H and O–H groups in total. The van der Waals surface area contributed by atoms with Crippen LogP contribution in [-0.2, 0) is 0 Å². The molecule has 1 atom stereocenters. The van der Waals surface area contributed by atoms with Gasteiger partial charge < -0.3 is 10.2 Å². The summed E-state index contributed by atoms with van der Waals surface area (Å²) in [6, 6.07) is 0. The first-order chi connectivity index (χ1) is 5.24. The van der Waals surface area contributed by atoms with E-state index in [1.165, 1.54) is 6.42 Å². The molecule has 62 valence electrons. The number of rotatable bonds is 2. The predicted molar refractivity (Wildman–Crippen MR) is 47.5 cm³/mol. The van der Waals surface area contributed by atoms with Crippen molar-refractivity contribution in [3.05, 3.63) is 0 Å². The van der Waals surface area contributed by atoms with E-state index in [9.17, 15) is 4.79 Å². The van der Waals surface area contributed by atoms with Crippen LogP contribution >= 0.6 is 0 Å². The maximum atomic E-state index is 11.0. The SMILES string of the molecule is CNCC1CCN([C](=O)[AlH2])C1. The first-order valence-electron chi connectivity index (χ1n) is 4.14. The quantitative estimate of drug-likeness (QED) is 0.555. The minimum absolute atomic E-state index is 0.351. The first kappa shape index (κ1) is 9.05. The van der Waals surface area contributed by atoms with Crippen molar-refractivity contribution in [3.63, 3.8) is 0 Å². The highest BCUT2D eigenvalue weighted by molar-refractivity contribution is 6.56. The van der Waals surface area contributed by atoms with Crippen molar-refractivity contribution in [2.75, 3.05) is 26.7 Å². The number of hydrogen-bond donors (Lipinski definition) is 1. The summed E-state index contributed by atoms with van der Waals surface area (Å²) in [4.78, 5) is 12.9. The zero-order valence-corrected chi connectivity index (χ0v) is 9.26. The molecule has 1 heterocycles. The third-order valence-corrected chi connectivity index (χ3v) is 2.86. The predicted octanol–water partition coefficient (Wildman–Crippen LogP) is -0.719. The molecular formula is C7H15AlN2O. The summed E-state index contributed by atoms with van der Waals surface area (Å²) >= 11 is 0.673. The normalized spacial score (nSPS) is 24.1. The van der Waals surface area contributed by atoms with E-state index in [4.69, 9.17) is 0 Å². The van der Waals surface area contributed by atoms with Crippen LogP contribution < -0.4 is 5.32 Å². The van der Waals surface area contributed by atoms with Gasteiger partial charge in [-0.3, -0.25) is 4.79 Å². The number of amides is 1. The summed E-state index contributed by atoms with van der Waals surface area (Å²) in [7, 11) is 1.96. The van der Waals surface area contributed by atoms with Crippen LogP contribution in [-0.4, -0.2) is 52.6 Å². The summed E-state index contributed by atoms with van der Waals surface area (Å²) in [5.74, 6) is 0.692. The van der Waals surface area contributed by atoms with Gasteiger partial charge in [0.15, 0.2) is 0 Å². The summed E-state index contributed by atoms with van der Waals surface area (Å²) in [5.41, 5.74) is 0. The first-order valence-corrected chi connectivity index (χ1v) is 5.14. The Balaban J connectivity index is 2.29. The molecule has 1 saturated heterocycles. The van der Waals surface area contributed by atoms with Gasteiger partial charge in [0.2, 0.25) is 0 Å². The maximum absolute atomic E-state index is 11.0. The Kier molecular flexibility index (Phi) is 3.38. The van der Waals surface area contributed by atoms with Crippen LogP contribution in [0, 0.1) is 5.92 Å². The number of carbonyl (C=O) groups excluding carboxylic acids is 1. The Hall–Kier alpha value is -0.0375. The fourth-order valence-electron chi connectivity index (χ4n) is 1.57. The molecule has 0 aliphatic carbocycles. The fraction of sp³-hybridized carbons (Fsp3) is 0.857. The van der Waals surface area contributed by atoms with E-state index in [1.54, 1.807) is 0 Å². The molecule has 1 rings (SSSR count). The Morgan fingerprint density at radius 1 is 1.82 bits per heavy atom. The molecule has 1 fully saturated rings. The van der Waals surface area contributed by atoms with Crippen molar-refractivity contribution >= 4 is 21.1 Å². The van der Waals surface area contributed by atoms with Crippen molar-refractivity contribution in [2.45, 2.75) is 6.42 Å². The van der Waals surface area contributed by atoms with Crippen molar-refractivity contribution in [1.82, 2.24) is 10.2 Å². The minimum Gasteiger partial charge on any atom is -0.359 e. The second-order valence-electron chi connectivity index (χ2n) is 3.18. The van der Waals surface area contributed by atoms with E-state index < -0.39 is 0 Å². The molecule has 1 aliphatic rings. The molecule has 4 heteroatoms. The molecule has 0 radical (unpaired) electrons. The van der Waals surface area contributed by atoms with Crippen LogP contribution in [0.3, 0.4) is 0 Å². The molecular weight excluding hydrogens is 155 g/mol. The lowest BCUT2D eigenvalue weighted by atomic mass is 10.1. The van der Waals surface area contributed by atoms with Crippen LogP contribution in [0.4, 0.5) is 4.79 Å². The Morgan fingerprint density at radius 2 is 2.55 bits per heavy atom. The van der Waals surface area contributed by atoms with E-state index >= 15 is 0 Å². The maximum Gasteiger partial charge on any atom is 0.355 e. The van der Waals surface area contributed by atoms with Gasteiger partial charge in [0.1, 0.15) is 4.77 Å². The Bertz CT molecular complexity index is 151. The van der Waals surface area contributed by atoms with E-state index in [0.29, 0.717) is 27.0 Å². The highest BCUT2D eigenvalue weighted by atomic mass is 27.0. The smallest absolute Gasteiger partial charge is 0.355 e. The molecule has 3 nitrogen and oxygen atoms in total. The second kappa shape index (κ2) is 4.10. The molecule has 0 aromatic heterocycles. The van der Waals surface area contributed by atoms with Gasteiger partial charge in [-0.15, -0.1) is 0 Å². The average Bonchev–Trinajstić information content (AvgIpc) is 2.37. The lowest BCUT2D eigenvalue weighted by molar-refractivity contribution is 0.230. The number of nitrogens with one attached hydrogen (secondary N) is 1. The van der Waals surface area contributed by atoms with Gasteiger partial charge >= 0.3 is 16.3 Å². The Morgan fingerprint density at radius 3 is 3.00 bits per heavy atom. The van der Waals surface area contributed by atoms with Crippen molar-refractivity contribution in [2.24, 2.45) is 5.92 Å². The summed E-state index contributed by atoms with van der Waals surface area (Å²) in [5, 5.41) is 3.14. The highest BCUT2D eigenvalue weighted by Crippen LogP contribution is 2.14. The Labute approximate surface area is 75.6 Å².